The normalized spacial score (nSPS) is 17.9. The first kappa shape index (κ1) is 9.09. The van der Waals surface area contributed by atoms with E-state index >= 15 is 0 Å². The molecule has 1 aromatic heterocycles. The molecule has 0 aliphatic heterocycles. The van der Waals surface area contributed by atoms with Gasteiger partial charge in [-0.25, -0.2) is 9.48 Å². The van der Waals surface area contributed by atoms with Crippen molar-refractivity contribution in [3.8, 4) is 0 Å². The summed E-state index contributed by atoms with van der Waals surface area (Å²) in [6, 6.07) is 0.285. The van der Waals surface area contributed by atoms with Crippen molar-refractivity contribution < 1.29 is 4.79 Å². The van der Waals surface area contributed by atoms with Crippen LogP contribution in [-0.4, -0.2) is 21.1 Å². The van der Waals surface area contributed by atoms with Gasteiger partial charge in [0.1, 0.15) is 11.2 Å². The van der Waals surface area contributed by atoms with E-state index in [0.29, 0.717) is 0 Å². The fourth-order valence-electron chi connectivity index (χ4n) is 1.37. The van der Waals surface area contributed by atoms with E-state index in [4.69, 9.17) is 0 Å². The second kappa shape index (κ2) is 3.03. The number of rotatable bonds is 3. The molecular formula is C9H12N4O. The molecule has 0 bridgehead atoms. The smallest absolute Gasteiger partial charge is 0.235 e. The lowest BCUT2D eigenvalue weighted by Gasteiger charge is -2.02. The van der Waals surface area contributed by atoms with Gasteiger partial charge in [0.15, 0.2) is 0 Å². The highest BCUT2D eigenvalue weighted by atomic mass is 16.1. The molecule has 0 N–H and O–H groups in total. The summed E-state index contributed by atoms with van der Waals surface area (Å²) in [5.41, 5.74) is 0.393. The molecule has 0 atom stereocenters. The molecule has 1 aliphatic carbocycles. The maximum atomic E-state index is 10.2. The molecule has 1 aromatic rings. The maximum Gasteiger partial charge on any atom is 0.235 e. The van der Waals surface area contributed by atoms with E-state index in [2.05, 4.69) is 15.3 Å². The third-order valence-corrected chi connectivity index (χ3v) is 2.50. The zero-order chi connectivity index (χ0) is 10.2. The number of carbonyl (C=O) groups excluding carboxylic acids is 1. The van der Waals surface area contributed by atoms with Crippen molar-refractivity contribution in [2.45, 2.75) is 38.3 Å². The van der Waals surface area contributed by atoms with Crippen LogP contribution in [0, 0.1) is 0 Å². The van der Waals surface area contributed by atoms with Crippen molar-refractivity contribution in [2.75, 3.05) is 0 Å². The van der Waals surface area contributed by atoms with Crippen LogP contribution in [0.5, 0.6) is 0 Å². The Balaban J connectivity index is 2.29. The topological polar surface area (TPSA) is 60.1 Å². The molecular weight excluding hydrogens is 180 g/mol. The number of nitrogens with zero attached hydrogens (tertiary/aromatic N) is 4. The standard InChI is InChI=1S/C9H12N4O/c1-7(2)13-5-8(11-12-13)9(3-4-9)10-6-14/h5,7H,3-4H2,1-2H3. The van der Waals surface area contributed by atoms with Gasteiger partial charge in [-0.3, -0.25) is 0 Å². The second-order valence-electron chi connectivity index (χ2n) is 3.91. The largest absolute Gasteiger partial charge is 0.250 e. The highest BCUT2D eigenvalue weighted by Gasteiger charge is 2.47. The molecule has 0 spiro atoms. The van der Waals surface area contributed by atoms with Gasteiger partial charge in [-0.2, -0.15) is 4.99 Å². The molecule has 5 heteroatoms. The Labute approximate surface area is 81.8 Å². The summed E-state index contributed by atoms with van der Waals surface area (Å²) >= 11 is 0. The van der Waals surface area contributed by atoms with Crippen LogP contribution < -0.4 is 0 Å². The zero-order valence-electron chi connectivity index (χ0n) is 8.27. The molecule has 74 valence electrons. The van der Waals surface area contributed by atoms with Crippen LogP contribution in [0.3, 0.4) is 0 Å². The minimum Gasteiger partial charge on any atom is -0.250 e. The fourth-order valence-corrected chi connectivity index (χ4v) is 1.37. The van der Waals surface area contributed by atoms with Crippen LogP contribution in [-0.2, 0) is 10.3 Å². The van der Waals surface area contributed by atoms with E-state index in [-0.39, 0.29) is 6.04 Å². The lowest BCUT2D eigenvalue weighted by atomic mass is 10.2. The molecule has 0 aromatic carbocycles. The lowest BCUT2D eigenvalue weighted by molar-refractivity contribution is 0.514. The Bertz CT molecular complexity index is 385. The Kier molecular flexibility index (Phi) is 1.97. The van der Waals surface area contributed by atoms with Crippen LogP contribution in [0.2, 0.25) is 0 Å². The number of aromatic nitrogens is 3. The van der Waals surface area contributed by atoms with Crippen LogP contribution in [0.25, 0.3) is 0 Å². The summed E-state index contributed by atoms with van der Waals surface area (Å²) in [7, 11) is 0. The summed E-state index contributed by atoms with van der Waals surface area (Å²) in [4.78, 5) is 14.0. The van der Waals surface area contributed by atoms with E-state index in [0.717, 1.165) is 18.5 Å². The van der Waals surface area contributed by atoms with Gasteiger partial charge in [-0.1, -0.05) is 5.21 Å². The van der Waals surface area contributed by atoms with Gasteiger partial charge in [0.25, 0.3) is 0 Å². The molecule has 1 aliphatic rings. The number of aliphatic imine (C=N–C) groups is 1. The first-order valence-corrected chi connectivity index (χ1v) is 4.69. The monoisotopic (exact) mass is 192 g/mol. The molecule has 2 rings (SSSR count). The quantitative estimate of drug-likeness (QED) is 0.533. The Morgan fingerprint density at radius 3 is 2.79 bits per heavy atom. The first-order valence-electron chi connectivity index (χ1n) is 4.69. The molecule has 1 heterocycles. The van der Waals surface area contributed by atoms with Gasteiger partial charge in [-0.15, -0.1) is 5.10 Å². The van der Waals surface area contributed by atoms with Gasteiger partial charge < -0.3 is 0 Å². The van der Waals surface area contributed by atoms with E-state index in [1.165, 1.54) is 0 Å². The molecule has 0 amide bonds. The minimum atomic E-state index is -0.394. The number of hydrogen-bond donors (Lipinski definition) is 0. The van der Waals surface area contributed by atoms with Gasteiger partial charge in [0.05, 0.1) is 6.20 Å². The number of hydrogen-bond acceptors (Lipinski definition) is 4. The number of isocyanates is 1. The fraction of sp³-hybridized carbons (Fsp3) is 0.667. The van der Waals surface area contributed by atoms with Crippen molar-refractivity contribution in [1.82, 2.24) is 15.0 Å². The molecule has 1 fully saturated rings. The highest BCUT2D eigenvalue weighted by Crippen LogP contribution is 2.48. The van der Waals surface area contributed by atoms with Crippen molar-refractivity contribution in [1.29, 1.82) is 0 Å². The Morgan fingerprint density at radius 2 is 2.36 bits per heavy atom. The van der Waals surface area contributed by atoms with E-state index in [9.17, 15) is 4.79 Å². The summed E-state index contributed by atoms with van der Waals surface area (Å²) in [5, 5.41) is 8.01. The van der Waals surface area contributed by atoms with E-state index in [1.807, 2.05) is 20.0 Å². The minimum absolute atomic E-state index is 0.285. The molecule has 5 nitrogen and oxygen atoms in total. The van der Waals surface area contributed by atoms with Crippen LogP contribution >= 0.6 is 0 Å². The summed E-state index contributed by atoms with van der Waals surface area (Å²) < 4.78 is 1.77. The first-order chi connectivity index (χ1) is 6.68. The Hall–Kier alpha value is -1.48. The molecule has 0 unspecified atom stereocenters. The molecule has 14 heavy (non-hydrogen) atoms. The van der Waals surface area contributed by atoms with Crippen molar-refractivity contribution in [3.05, 3.63) is 11.9 Å². The van der Waals surface area contributed by atoms with Gasteiger partial charge in [0.2, 0.25) is 6.08 Å². The second-order valence-corrected chi connectivity index (χ2v) is 3.91. The molecule has 0 saturated heterocycles. The van der Waals surface area contributed by atoms with Crippen molar-refractivity contribution in [3.63, 3.8) is 0 Å². The van der Waals surface area contributed by atoms with Crippen LogP contribution in [0.1, 0.15) is 38.4 Å². The summed E-state index contributed by atoms with van der Waals surface area (Å²) in [6.07, 6.45) is 5.21. The van der Waals surface area contributed by atoms with Gasteiger partial charge in [0, 0.05) is 6.04 Å². The van der Waals surface area contributed by atoms with Gasteiger partial charge in [-0.05, 0) is 26.7 Å². The Morgan fingerprint density at radius 1 is 1.64 bits per heavy atom. The predicted molar refractivity (Wildman–Crippen MR) is 49.4 cm³/mol. The highest BCUT2D eigenvalue weighted by molar-refractivity contribution is 5.38. The SMILES string of the molecule is CC(C)n1cc(C2(N=C=O)CC2)nn1. The predicted octanol–water partition coefficient (Wildman–Crippen LogP) is 1.18. The van der Waals surface area contributed by atoms with E-state index < -0.39 is 5.54 Å². The van der Waals surface area contributed by atoms with Crippen LogP contribution in [0.15, 0.2) is 11.2 Å². The van der Waals surface area contributed by atoms with Crippen molar-refractivity contribution in [2.24, 2.45) is 4.99 Å². The third kappa shape index (κ3) is 1.36. The summed E-state index contributed by atoms with van der Waals surface area (Å²) in [6.45, 7) is 4.06. The average molecular weight is 192 g/mol. The van der Waals surface area contributed by atoms with Crippen molar-refractivity contribution >= 4 is 6.08 Å². The molecule has 1 saturated carbocycles. The zero-order valence-corrected chi connectivity index (χ0v) is 8.27. The lowest BCUT2D eigenvalue weighted by Crippen LogP contribution is -2.03. The maximum absolute atomic E-state index is 10.2. The van der Waals surface area contributed by atoms with Gasteiger partial charge >= 0.3 is 0 Å². The average Bonchev–Trinajstić information content (AvgIpc) is 2.77. The van der Waals surface area contributed by atoms with Crippen LogP contribution in [0.4, 0.5) is 0 Å². The van der Waals surface area contributed by atoms with E-state index in [1.54, 1.807) is 10.8 Å². The molecule has 0 radical (unpaired) electrons. The summed E-state index contributed by atoms with van der Waals surface area (Å²) in [5.74, 6) is 0. The third-order valence-electron chi connectivity index (χ3n) is 2.50.